The summed E-state index contributed by atoms with van der Waals surface area (Å²) in [6.07, 6.45) is 0.457. The van der Waals surface area contributed by atoms with Crippen LogP contribution in [0.2, 0.25) is 0 Å². The fourth-order valence-corrected chi connectivity index (χ4v) is 3.90. The number of hydrogen-bond donors (Lipinski definition) is 3. The first kappa shape index (κ1) is 27.6. The molecule has 4 N–H and O–H groups in total. The summed E-state index contributed by atoms with van der Waals surface area (Å²) in [6, 6.07) is 5.20. The van der Waals surface area contributed by atoms with E-state index in [9.17, 15) is 28.3 Å². The lowest BCUT2D eigenvalue weighted by Gasteiger charge is -2.17. The highest BCUT2D eigenvalue weighted by molar-refractivity contribution is 6.11. The van der Waals surface area contributed by atoms with Gasteiger partial charge in [0.05, 0.1) is 11.1 Å². The van der Waals surface area contributed by atoms with Gasteiger partial charge in [0.25, 0.3) is 5.56 Å². The molecule has 0 spiro atoms. The first-order valence-corrected chi connectivity index (χ1v) is 11.4. The van der Waals surface area contributed by atoms with Gasteiger partial charge in [-0.25, -0.2) is 17.6 Å². The number of nitrogens with one attached hydrogen (secondary N) is 1. The molecular formula is C26H25F4N3O4. The molecule has 0 fully saturated rings. The molecule has 7 nitrogen and oxygen atoms in total. The lowest BCUT2D eigenvalue weighted by atomic mass is 10.0. The number of nitrogens with zero attached hydrogens (tertiary/aromatic N) is 1. The third-order valence-corrected chi connectivity index (χ3v) is 5.66. The maximum Gasteiger partial charge on any atom is 0.320 e. The molecule has 0 radical (unpaired) electrons. The summed E-state index contributed by atoms with van der Waals surface area (Å²) >= 11 is 0. The molecular weight excluding hydrogens is 494 g/mol. The largest absolute Gasteiger partial charge is 0.480 e. The van der Waals surface area contributed by atoms with Crippen LogP contribution in [0.5, 0.6) is 0 Å². The van der Waals surface area contributed by atoms with Crippen molar-refractivity contribution >= 4 is 17.6 Å². The summed E-state index contributed by atoms with van der Waals surface area (Å²) in [7, 11) is 0. The topological polar surface area (TPSA) is 114 Å². The van der Waals surface area contributed by atoms with Gasteiger partial charge in [0.15, 0.2) is 17.4 Å². The van der Waals surface area contributed by atoms with Crippen molar-refractivity contribution in [1.29, 1.82) is 0 Å². The van der Waals surface area contributed by atoms with Crippen LogP contribution in [0, 0.1) is 29.2 Å². The fourth-order valence-electron chi connectivity index (χ4n) is 3.90. The van der Waals surface area contributed by atoms with Crippen LogP contribution < -0.4 is 16.6 Å². The molecule has 1 aromatic heterocycles. The number of aliphatic carboxylic acids is 1. The molecule has 37 heavy (non-hydrogen) atoms. The van der Waals surface area contributed by atoms with Gasteiger partial charge in [-0.05, 0) is 61.2 Å². The van der Waals surface area contributed by atoms with E-state index >= 15 is 8.78 Å². The third-order valence-electron chi connectivity index (χ3n) is 5.66. The standard InChI is InChI=1S/C26H25F4N3O4/c1-13(2)9-21(26(36)37)32-8-7-14-10-19(29)23(20(30)11-14)33-22(34)6-5-17(25(33)31)24(35)16-4-3-15(27)12-18(16)28/h3-6,10-13,21,32H,7-9,31H2,1-2H3,(H,36,37)/t21-/m1/s1. The molecule has 0 aliphatic heterocycles. The maximum absolute atomic E-state index is 15.1. The molecule has 0 amide bonds. The van der Waals surface area contributed by atoms with Gasteiger partial charge in [-0.1, -0.05) is 13.8 Å². The van der Waals surface area contributed by atoms with Crippen molar-refractivity contribution in [2.24, 2.45) is 5.92 Å². The van der Waals surface area contributed by atoms with Gasteiger partial charge in [-0.3, -0.25) is 19.0 Å². The zero-order valence-corrected chi connectivity index (χ0v) is 20.0. The Kier molecular flexibility index (Phi) is 8.49. The van der Waals surface area contributed by atoms with Crippen LogP contribution in [0.4, 0.5) is 23.4 Å². The highest BCUT2D eigenvalue weighted by Gasteiger charge is 2.23. The first-order chi connectivity index (χ1) is 17.4. The molecule has 1 atom stereocenters. The number of carbonyl (C=O) groups excluding carboxylic acids is 1. The van der Waals surface area contributed by atoms with Gasteiger partial charge in [-0.2, -0.15) is 0 Å². The summed E-state index contributed by atoms with van der Waals surface area (Å²) in [6.45, 7) is 3.86. The number of anilines is 1. The van der Waals surface area contributed by atoms with E-state index < -0.39 is 69.3 Å². The second kappa shape index (κ2) is 11.4. The Hall–Kier alpha value is -3.99. The van der Waals surface area contributed by atoms with Crippen LogP contribution in [0.1, 0.15) is 41.8 Å². The van der Waals surface area contributed by atoms with E-state index in [2.05, 4.69) is 5.32 Å². The second-order valence-electron chi connectivity index (χ2n) is 8.89. The molecule has 3 aromatic rings. The summed E-state index contributed by atoms with van der Waals surface area (Å²) in [4.78, 5) is 36.7. The first-order valence-electron chi connectivity index (χ1n) is 11.4. The minimum atomic E-state index is -1.17. The van der Waals surface area contributed by atoms with Crippen molar-refractivity contribution in [2.45, 2.75) is 32.7 Å². The lowest BCUT2D eigenvalue weighted by Crippen LogP contribution is -2.38. The molecule has 11 heteroatoms. The van der Waals surface area contributed by atoms with Crippen LogP contribution in [0.25, 0.3) is 5.69 Å². The van der Waals surface area contributed by atoms with Crippen molar-refractivity contribution < 1.29 is 32.3 Å². The van der Waals surface area contributed by atoms with Gasteiger partial charge < -0.3 is 16.2 Å². The van der Waals surface area contributed by atoms with E-state index in [4.69, 9.17) is 5.73 Å². The van der Waals surface area contributed by atoms with Gasteiger partial charge in [0.2, 0.25) is 0 Å². The third kappa shape index (κ3) is 6.23. The van der Waals surface area contributed by atoms with E-state index in [0.29, 0.717) is 17.1 Å². The number of nitrogen functional groups attached to an aromatic ring is 1. The van der Waals surface area contributed by atoms with Crippen molar-refractivity contribution in [3.8, 4) is 5.69 Å². The normalized spacial score (nSPS) is 12.1. The van der Waals surface area contributed by atoms with Crippen LogP contribution in [-0.4, -0.2) is 34.0 Å². The van der Waals surface area contributed by atoms with Crippen molar-refractivity contribution in [2.75, 3.05) is 12.3 Å². The molecule has 0 saturated carbocycles. The Morgan fingerprint density at radius 3 is 2.16 bits per heavy atom. The van der Waals surface area contributed by atoms with Gasteiger partial charge in [0.1, 0.15) is 29.2 Å². The highest BCUT2D eigenvalue weighted by atomic mass is 19.1. The molecule has 0 aliphatic carbocycles. The van der Waals surface area contributed by atoms with Gasteiger partial charge in [0, 0.05) is 12.1 Å². The minimum Gasteiger partial charge on any atom is -0.480 e. The second-order valence-corrected chi connectivity index (χ2v) is 8.89. The quantitative estimate of drug-likeness (QED) is 0.277. The molecule has 0 saturated heterocycles. The monoisotopic (exact) mass is 519 g/mol. The molecule has 0 aliphatic rings. The number of carboxylic acid groups (broad SMARTS) is 1. The average Bonchev–Trinajstić information content (AvgIpc) is 2.79. The average molecular weight is 519 g/mol. The smallest absolute Gasteiger partial charge is 0.320 e. The maximum atomic E-state index is 15.1. The number of rotatable bonds is 10. The van der Waals surface area contributed by atoms with Gasteiger partial charge in [-0.15, -0.1) is 0 Å². The predicted molar refractivity (Wildman–Crippen MR) is 129 cm³/mol. The predicted octanol–water partition coefficient (Wildman–Crippen LogP) is 3.84. The Morgan fingerprint density at radius 2 is 1.59 bits per heavy atom. The van der Waals surface area contributed by atoms with E-state index in [1.54, 1.807) is 0 Å². The number of carboxylic acids is 1. The number of halogens is 4. The number of aromatic nitrogens is 1. The highest BCUT2D eigenvalue weighted by Crippen LogP contribution is 2.25. The SMILES string of the molecule is CC(C)C[C@@H](NCCc1cc(F)c(-n2c(N)c(C(=O)c3ccc(F)cc3F)ccc2=O)c(F)c1)C(=O)O. The lowest BCUT2D eigenvalue weighted by molar-refractivity contribution is -0.139. The number of nitrogens with two attached hydrogens (primary N) is 1. The molecule has 2 aromatic carbocycles. The number of hydrogen-bond acceptors (Lipinski definition) is 5. The Morgan fingerprint density at radius 1 is 0.973 bits per heavy atom. The van der Waals surface area contributed by atoms with E-state index in [1.165, 1.54) is 0 Å². The molecule has 196 valence electrons. The van der Waals surface area contributed by atoms with Gasteiger partial charge >= 0.3 is 5.97 Å². The fraction of sp³-hybridized carbons (Fsp3) is 0.269. The molecule has 0 unspecified atom stereocenters. The van der Waals surface area contributed by atoms with E-state index in [-0.39, 0.29) is 24.4 Å². The number of ketones is 1. The van der Waals surface area contributed by atoms with E-state index in [0.717, 1.165) is 36.4 Å². The summed E-state index contributed by atoms with van der Waals surface area (Å²) in [5, 5.41) is 12.1. The zero-order valence-electron chi connectivity index (χ0n) is 20.0. The Balaban J connectivity index is 1.92. The zero-order chi connectivity index (χ0) is 27.4. The van der Waals surface area contributed by atoms with Crippen molar-refractivity contribution in [3.63, 3.8) is 0 Å². The molecule has 1 heterocycles. The van der Waals surface area contributed by atoms with Crippen molar-refractivity contribution in [1.82, 2.24) is 9.88 Å². The van der Waals surface area contributed by atoms with Crippen LogP contribution in [0.15, 0.2) is 47.3 Å². The summed E-state index contributed by atoms with van der Waals surface area (Å²) in [5.41, 5.74) is 3.39. The van der Waals surface area contributed by atoms with Crippen molar-refractivity contribution in [3.05, 3.63) is 92.8 Å². The van der Waals surface area contributed by atoms with E-state index in [1.807, 2.05) is 13.8 Å². The summed E-state index contributed by atoms with van der Waals surface area (Å²) < 4.78 is 57.9. The Labute approximate surface area is 209 Å². The van der Waals surface area contributed by atoms with Crippen LogP contribution in [-0.2, 0) is 11.2 Å². The summed E-state index contributed by atoms with van der Waals surface area (Å²) in [5.74, 6) is -6.95. The number of benzene rings is 2. The minimum absolute atomic E-state index is 0.0861. The van der Waals surface area contributed by atoms with Crippen LogP contribution >= 0.6 is 0 Å². The molecule has 3 rings (SSSR count). The molecule has 0 bridgehead atoms. The Bertz CT molecular complexity index is 1380. The number of carbonyl (C=O) groups is 2. The number of pyridine rings is 1. The van der Waals surface area contributed by atoms with Crippen LogP contribution in [0.3, 0.4) is 0 Å².